The summed E-state index contributed by atoms with van der Waals surface area (Å²) >= 11 is 1.49. The van der Waals surface area contributed by atoms with Gasteiger partial charge in [0.1, 0.15) is 22.5 Å². The lowest BCUT2D eigenvalue weighted by atomic mass is 10.3. The van der Waals surface area contributed by atoms with E-state index in [1.807, 2.05) is 25.1 Å². The van der Waals surface area contributed by atoms with Crippen molar-refractivity contribution in [1.82, 2.24) is 19.9 Å². The monoisotopic (exact) mass is 351 g/mol. The van der Waals surface area contributed by atoms with Crippen LogP contribution in [0.15, 0.2) is 35.9 Å². The molecule has 0 radical (unpaired) electrons. The number of nitrogen functional groups attached to an aromatic ring is 1. The van der Waals surface area contributed by atoms with Gasteiger partial charge < -0.3 is 10.6 Å². The third-order valence-corrected chi connectivity index (χ3v) is 4.53. The van der Waals surface area contributed by atoms with Gasteiger partial charge in [0.15, 0.2) is 0 Å². The van der Waals surface area contributed by atoms with E-state index in [0.29, 0.717) is 5.71 Å². The predicted octanol–water partition coefficient (Wildman–Crippen LogP) is 2.56. The molecular weight excluding hydrogens is 338 g/mol. The van der Waals surface area contributed by atoms with E-state index in [-0.39, 0.29) is 17.4 Å². The fraction of sp³-hybridized carbons (Fsp3) is 0.125. The number of aryl methyl sites for hydroxylation is 1. The first-order valence-corrected chi connectivity index (χ1v) is 8.02. The fourth-order valence-corrected chi connectivity index (χ4v) is 3.00. The molecule has 0 aliphatic carbocycles. The molecule has 0 bridgehead atoms. The number of oxime groups is 1. The van der Waals surface area contributed by atoms with Crippen molar-refractivity contribution < 1.29 is 4.84 Å². The van der Waals surface area contributed by atoms with Gasteiger partial charge >= 0.3 is 6.01 Å². The van der Waals surface area contributed by atoms with Crippen LogP contribution in [0.3, 0.4) is 0 Å². The summed E-state index contributed by atoms with van der Waals surface area (Å²) in [5.74, 6) is 0.0492. The standard InChI is InChI=1S/C16H13N7OS/c1-9-13(25-15(21-9)11-4-3-5-19-7-11)10(2)23-24-16-20-8-12(6-17)14(18)22-16/h3-5,7-8H,1-2H3,(H2,18,20,22). The van der Waals surface area contributed by atoms with E-state index in [1.165, 1.54) is 17.5 Å². The SMILES string of the molecule is CC(=NOc1ncc(C#N)c(N)n1)c1sc(-c2cccnc2)nc1C. The Hall–Kier alpha value is -3.38. The molecule has 0 aromatic carbocycles. The van der Waals surface area contributed by atoms with E-state index < -0.39 is 0 Å². The largest absolute Gasteiger partial charge is 0.382 e. The summed E-state index contributed by atoms with van der Waals surface area (Å²) in [5.41, 5.74) is 8.23. The number of nitrogens with two attached hydrogens (primary N) is 1. The number of nitrogens with zero attached hydrogens (tertiary/aromatic N) is 6. The summed E-state index contributed by atoms with van der Waals surface area (Å²) in [4.78, 5) is 22.5. The number of anilines is 1. The average molecular weight is 351 g/mol. The Morgan fingerprint density at radius 3 is 2.88 bits per heavy atom. The van der Waals surface area contributed by atoms with Crippen LogP contribution in [0, 0.1) is 18.3 Å². The van der Waals surface area contributed by atoms with Gasteiger partial charge in [-0.25, -0.2) is 9.97 Å². The van der Waals surface area contributed by atoms with Crippen LogP contribution in [0.25, 0.3) is 10.6 Å². The molecule has 0 unspecified atom stereocenters. The molecule has 0 amide bonds. The first-order chi connectivity index (χ1) is 12.1. The second-order valence-corrected chi connectivity index (χ2v) is 6.01. The van der Waals surface area contributed by atoms with Crippen molar-refractivity contribution >= 4 is 22.9 Å². The minimum absolute atomic E-state index is 0.0227. The van der Waals surface area contributed by atoms with Gasteiger partial charge in [0.05, 0.1) is 22.5 Å². The molecule has 3 heterocycles. The molecule has 0 saturated heterocycles. The number of pyridine rings is 1. The van der Waals surface area contributed by atoms with E-state index >= 15 is 0 Å². The fourth-order valence-electron chi connectivity index (χ4n) is 2.00. The predicted molar refractivity (Wildman–Crippen MR) is 94.1 cm³/mol. The molecule has 25 heavy (non-hydrogen) atoms. The molecule has 3 aromatic rings. The van der Waals surface area contributed by atoms with Crippen molar-refractivity contribution in [1.29, 1.82) is 5.26 Å². The molecule has 0 aliphatic rings. The van der Waals surface area contributed by atoms with E-state index in [4.69, 9.17) is 15.8 Å². The van der Waals surface area contributed by atoms with Gasteiger partial charge in [-0.3, -0.25) is 4.98 Å². The molecule has 8 nitrogen and oxygen atoms in total. The number of hydrogen-bond donors (Lipinski definition) is 1. The number of nitriles is 1. The van der Waals surface area contributed by atoms with Gasteiger partial charge in [-0.2, -0.15) is 10.2 Å². The summed E-state index contributed by atoms with van der Waals surface area (Å²) in [5, 5.41) is 13.7. The average Bonchev–Trinajstić information content (AvgIpc) is 3.02. The highest BCUT2D eigenvalue weighted by atomic mass is 32.1. The lowest BCUT2D eigenvalue weighted by Crippen LogP contribution is -2.02. The zero-order valence-corrected chi connectivity index (χ0v) is 14.3. The van der Waals surface area contributed by atoms with Crippen LogP contribution in [0.2, 0.25) is 0 Å². The van der Waals surface area contributed by atoms with Crippen LogP contribution < -0.4 is 10.6 Å². The number of thiazole rings is 1. The highest BCUT2D eigenvalue weighted by Gasteiger charge is 2.13. The van der Waals surface area contributed by atoms with E-state index in [2.05, 4.69) is 25.1 Å². The van der Waals surface area contributed by atoms with Gasteiger partial charge in [-0.15, -0.1) is 11.3 Å². The van der Waals surface area contributed by atoms with Gasteiger partial charge in [0.25, 0.3) is 0 Å². The van der Waals surface area contributed by atoms with Gasteiger partial charge in [-0.1, -0.05) is 5.16 Å². The maximum Gasteiger partial charge on any atom is 0.347 e. The quantitative estimate of drug-likeness (QED) is 0.566. The Kier molecular flexibility index (Phi) is 4.63. The summed E-state index contributed by atoms with van der Waals surface area (Å²) in [6, 6.07) is 5.68. The maximum absolute atomic E-state index is 8.81. The molecular formula is C16H13N7OS. The molecule has 0 aliphatic heterocycles. The lowest BCUT2D eigenvalue weighted by molar-refractivity contribution is 0.313. The second-order valence-electron chi connectivity index (χ2n) is 5.01. The van der Waals surface area contributed by atoms with E-state index in [9.17, 15) is 0 Å². The number of rotatable bonds is 4. The molecule has 2 N–H and O–H groups in total. The molecule has 124 valence electrons. The zero-order valence-electron chi connectivity index (χ0n) is 13.5. The summed E-state index contributed by atoms with van der Waals surface area (Å²) in [6.07, 6.45) is 4.77. The van der Waals surface area contributed by atoms with Crippen LogP contribution in [0.5, 0.6) is 6.01 Å². The normalized spacial score (nSPS) is 11.2. The first kappa shape index (κ1) is 16.5. The number of hydrogen-bond acceptors (Lipinski definition) is 9. The highest BCUT2D eigenvalue weighted by molar-refractivity contribution is 7.17. The number of aromatic nitrogens is 4. The van der Waals surface area contributed by atoms with Gasteiger partial charge in [0, 0.05) is 18.0 Å². The Balaban J connectivity index is 1.82. The van der Waals surface area contributed by atoms with E-state index in [1.54, 1.807) is 19.3 Å². The van der Waals surface area contributed by atoms with Crippen LogP contribution in [-0.2, 0) is 0 Å². The molecule has 0 saturated carbocycles. The zero-order chi connectivity index (χ0) is 17.8. The van der Waals surface area contributed by atoms with Gasteiger partial charge in [-0.05, 0) is 26.0 Å². The molecule has 0 spiro atoms. The molecule has 9 heteroatoms. The Bertz CT molecular complexity index is 976. The third kappa shape index (κ3) is 3.59. The lowest BCUT2D eigenvalue weighted by Gasteiger charge is -2.00. The Labute approximate surface area is 147 Å². The van der Waals surface area contributed by atoms with Crippen LogP contribution >= 0.6 is 11.3 Å². The smallest absolute Gasteiger partial charge is 0.347 e. The van der Waals surface area contributed by atoms with Crippen molar-refractivity contribution in [2.75, 3.05) is 5.73 Å². The molecule has 0 fully saturated rings. The summed E-state index contributed by atoms with van der Waals surface area (Å²) in [7, 11) is 0. The highest BCUT2D eigenvalue weighted by Crippen LogP contribution is 2.27. The molecule has 3 rings (SSSR count). The maximum atomic E-state index is 8.81. The summed E-state index contributed by atoms with van der Waals surface area (Å²) in [6.45, 7) is 3.71. The Morgan fingerprint density at radius 2 is 2.20 bits per heavy atom. The van der Waals surface area contributed by atoms with Crippen molar-refractivity contribution in [3.05, 3.63) is 46.9 Å². The van der Waals surface area contributed by atoms with Crippen LogP contribution in [0.4, 0.5) is 5.82 Å². The topological polar surface area (TPSA) is 123 Å². The van der Waals surface area contributed by atoms with Crippen molar-refractivity contribution in [3.63, 3.8) is 0 Å². The van der Waals surface area contributed by atoms with E-state index in [0.717, 1.165) is 21.1 Å². The third-order valence-electron chi connectivity index (χ3n) is 3.21. The molecule has 0 atom stereocenters. The van der Waals surface area contributed by atoms with Crippen LogP contribution in [0.1, 0.15) is 23.1 Å². The van der Waals surface area contributed by atoms with Crippen molar-refractivity contribution in [2.24, 2.45) is 5.16 Å². The summed E-state index contributed by atoms with van der Waals surface area (Å²) < 4.78 is 0. The van der Waals surface area contributed by atoms with Crippen molar-refractivity contribution in [3.8, 4) is 22.7 Å². The minimum Gasteiger partial charge on any atom is -0.382 e. The first-order valence-electron chi connectivity index (χ1n) is 7.21. The minimum atomic E-state index is -0.0227. The second kappa shape index (κ2) is 7.02. The van der Waals surface area contributed by atoms with Gasteiger partial charge in [0.2, 0.25) is 0 Å². The van der Waals surface area contributed by atoms with Crippen molar-refractivity contribution in [2.45, 2.75) is 13.8 Å². The molecule has 3 aromatic heterocycles. The Morgan fingerprint density at radius 1 is 1.36 bits per heavy atom. The van der Waals surface area contributed by atoms with Crippen LogP contribution in [-0.4, -0.2) is 25.6 Å².